The molecule has 0 aliphatic carbocycles. The summed E-state index contributed by atoms with van der Waals surface area (Å²) in [6.45, 7) is 1.02. The SMILES string of the molecule is NCc1ccc(CC(=O)Nc2ccc(CN)cc2)cc1. The van der Waals surface area contributed by atoms with E-state index in [2.05, 4.69) is 5.32 Å². The first-order valence-electron chi connectivity index (χ1n) is 6.58. The number of hydrogen-bond acceptors (Lipinski definition) is 3. The van der Waals surface area contributed by atoms with Gasteiger partial charge in [-0.3, -0.25) is 4.79 Å². The minimum absolute atomic E-state index is 0.0361. The van der Waals surface area contributed by atoms with E-state index in [0.29, 0.717) is 19.5 Å². The Bertz CT molecular complexity index is 510. The summed E-state index contributed by atoms with van der Waals surface area (Å²) in [5, 5.41) is 2.87. The Morgan fingerprint density at radius 1 is 0.800 bits per heavy atom. The van der Waals surface area contributed by atoms with E-state index in [9.17, 15) is 4.79 Å². The largest absolute Gasteiger partial charge is 0.326 e. The summed E-state index contributed by atoms with van der Waals surface area (Å²) < 4.78 is 0. The predicted octanol–water partition coefficient (Wildman–Crippen LogP) is 1.79. The van der Waals surface area contributed by atoms with Gasteiger partial charge >= 0.3 is 0 Å². The summed E-state index contributed by atoms with van der Waals surface area (Å²) in [5.74, 6) is -0.0361. The number of hydrogen-bond donors (Lipinski definition) is 3. The van der Waals surface area contributed by atoms with Gasteiger partial charge in [-0.25, -0.2) is 0 Å². The Morgan fingerprint density at radius 3 is 1.75 bits per heavy atom. The summed E-state index contributed by atoms with van der Waals surface area (Å²) in [5.41, 5.74) is 14.9. The monoisotopic (exact) mass is 269 g/mol. The summed E-state index contributed by atoms with van der Waals surface area (Å²) in [4.78, 5) is 11.9. The van der Waals surface area contributed by atoms with Gasteiger partial charge in [-0.15, -0.1) is 0 Å². The van der Waals surface area contributed by atoms with Gasteiger partial charge in [0, 0.05) is 18.8 Å². The Balaban J connectivity index is 1.93. The van der Waals surface area contributed by atoms with Crippen LogP contribution in [0.25, 0.3) is 0 Å². The van der Waals surface area contributed by atoms with Crippen molar-refractivity contribution in [3.05, 3.63) is 65.2 Å². The van der Waals surface area contributed by atoms with Crippen LogP contribution in [0.3, 0.4) is 0 Å². The van der Waals surface area contributed by atoms with Crippen molar-refractivity contribution in [1.82, 2.24) is 0 Å². The Labute approximate surface area is 118 Å². The molecule has 0 atom stereocenters. The molecule has 0 unspecified atom stereocenters. The van der Waals surface area contributed by atoms with Crippen molar-refractivity contribution in [3.8, 4) is 0 Å². The fraction of sp³-hybridized carbons (Fsp3) is 0.188. The van der Waals surface area contributed by atoms with Gasteiger partial charge in [0.25, 0.3) is 0 Å². The standard InChI is InChI=1S/C16H19N3O/c17-10-13-3-1-12(2-4-13)9-16(20)19-15-7-5-14(11-18)6-8-15/h1-8H,9-11,17-18H2,(H,19,20). The Kier molecular flexibility index (Phi) is 4.87. The lowest BCUT2D eigenvalue weighted by Crippen LogP contribution is -2.14. The quantitative estimate of drug-likeness (QED) is 0.774. The van der Waals surface area contributed by atoms with Crippen LogP contribution < -0.4 is 16.8 Å². The highest BCUT2D eigenvalue weighted by molar-refractivity contribution is 5.92. The summed E-state index contributed by atoms with van der Waals surface area (Å²) in [6.07, 6.45) is 0.351. The van der Waals surface area contributed by atoms with Crippen molar-refractivity contribution in [3.63, 3.8) is 0 Å². The smallest absolute Gasteiger partial charge is 0.228 e. The minimum atomic E-state index is -0.0361. The molecule has 5 N–H and O–H groups in total. The number of amides is 1. The second-order valence-corrected chi connectivity index (χ2v) is 4.65. The second-order valence-electron chi connectivity index (χ2n) is 4.65. The first-order chi connectivity index (χ1) is 9.71. The summed E-state index contributed by atoms with van der Waals surface area (Å²) in [6, 6.07) is 15.3. The maximum absolute atomic E-state index is 11.9. The highest BCUT2D eigenvalue weighted by Crippen LogP contribution is 2.10. The van der Waals surface area contributed by atoms with Crippen molar-refractivity contribution >= 4 is 11.6 Å². The number of nitrogens with one attached hydrogen (secondary N) is 1. The molecule has 2 aromatic carbocycles. The molecule has 0 saturated carbocycles. The second kappa shape index (κ2) is 6.84. The number of carbonyl (C=O) groups is 1. The zero-order chi connectivity index (χ0) is 14.4. The van der Waals surface area contributed by atoms with Crippen LogP contribution in [-0.4, -0.2) is 5.91 Å². The van der Waals surface area contributed by atoms with Crippen LogP contribution in [0.2, 0.25) is 0 Å². The number of anilines is 1. The number of benzene rings is 2. The van der Waals surface area contributed by atoms with E-state index in [1.165, 1.54) is 0 Å². The molecule has 4 nitrogen and oxygen atoms in total. The molecular weight excluding hydrogens is 250 g/mol. The molecule has 0 aliphatic rings. The van der Waals surface area contributed by atoms with E-state index in [1.54, 1.807) is 0 Å². The molecule has 2 rings (SSSR count). The average molecular weight is 269 g/mol. The molecular formula is C16H19N3O. The topological polar surface area (TPSA) is 81.1 Å². The Hall–Kier alpha value is -2.17. The van der Waals surface area contributed by atoms with E-state index in [-0.39, 0.29) is 5.91 Å². The van der Waals surface area contributed by atoms with Gasteiger partial charge in [-0.1, -0.05) is 36.4 Å². The summed E-state index contributed by atoms with van der Waals surface area (Å²) in [7, 11) is 0. The van der Waals surface area contributed by atoms with Crippen molar-refractivity contribution in [2.45, 2.75) is 19.5 Å². The molecule has 1 amide bonds. The third kappa shape index (κ3) is 3.91. The fourth-order valence-corrected chi connectivity index (χ4v) is 1.91. The van der Waals surface area contributed by atoms with Crippen LogP contribution in [0.5, 0.6) is 0 Å². The maximum Gasteiger partial charge on any atom is 0.228 e. The first-order valence-corrected chi connectivity index (χ1v) is 6.58. The molecule has 0 saturated heterocycles. The normalized spacial score (nSPS) is 10.3. The lowest BCUT2D eigenvalue weighted by Gasteiger charge is -2.06. The highest BCUT2D eigenvalue weighted by atomic mass is 16.1. The first kappa shape index (κ1) is 14.2. The average Bonchev–Trinajstić information content (AvgIpc) is 2.49. The van der Waals surface area contributed by atoms with Crippen LogP contribution in [0.4, 0.5) is 5.69 Å². The molecule has 20 heavy (non-hydrogen) atoms. The molecule has 0 aromatic heterocycles. The van der Waals surface area contributed by atoms with E-state index in [0.717, 1.165) is 22.4 Å². The molecule has 4 heteroatoms. The fourth-order valence-electron chi connectivity index (χ4n) is 1.91. The van der Waals surface area contributed by atoms with Crippen molar-refractivity contribution in [2.24, 2.45) is 11.5 Å². The van der Waals surface area contributed by atoms with E-state index in [4.69, 9.17) is 11.5 Å². The van der Waals surface area contributed by atoms with Crippen molar-refractivity contribution < 1.29 is 4.79 Å². The van der Waals surface area contributed by atoms with Gasteiger partial charge in [0.1, 0.15) is 0 Å². The van der Waals surface area contributed by atoms with E-state index < -0.39 is 0 Å². The van der Waals surface area contributed by atoms with Gasteiger partial charge in [0.05, 0.1) is 6.42 Å². The lowest BCUT2D eigenvalue weighted by molar-refractivity contribution is -0.115. The van der Waals surface area contributed by atoms with Crippen molar-refractivity contribution in [1.29, 1.82) is 0 Å². The lowest BCUT2D eigenvalue weighted by atomic mass is 10.1. The van der Waals surface area contributed by atoms with Crippen LogP contribution in [-0.2, 0) is 24.3 Å². The maximum atomic E-state index is 11.9. The van der Waals surface area contributed by atoms with E-state index >= 15 is 0 Å². The Morgan fingerprint density at radius 2 is 1.25 bits per heavy atom. The highest BCUT2D eigenvalue weighted by Gasteiger charge is 2.04. The number of carbonyl (C=O) groups excluding carboxylic acids is 1. The number of rotatable bonds is 5. The predicted molar refractivity (Wildman–Crippen MR) is 81.0 cm³/mol. The molecule has 2 aromatic rings. The molecule has 0 bridgehead atoms. The van der Waals surface area contributed by atoms with Crippen LogP contribution >= 0.6 is 0 Å². The van der Waals surface area contributed by atoms with Gasteiger partial charge in [0.2, 0.25) is 5.91 Å². The zero-order valence-electron chi connectivity index (χ0n) is 11.3. The van der Waals surface area contributed by atoms with Gasteiger partial charge in [-0.05, 0) is 28.8 Å². The third-order valence-electron chi connectivity index (χ3n) is 3.10. The van der Waals surface area contributed by atoms with Crippen molar-refractivity contribution in [2.75, 3.05) is 5.32 Å². The molecule has 0 fully saturated rings. The third-order valence-corrected chi connectivity index (χ3v) is 3.10. The molecule has 0 heterocycles. The summed E-state index contributed by atoms with van der Waals surface area (Å²) >= 11 is 0. The zero-order valence-corrected chi connectivity index (χ0v) is 11.3. The molecule has 0 spiro atoms. The molecule has 0 radical (unpaired) electrons. The van der Waals surface area contributed by atoms with Crippen LogP contribution in [0, 0.1) is 0 Å². The van der Waals surface area contributed by atoms with Gasteiger partial charge < -0.3 is 16.8 Å². The molecule has 104 valence electrons. The number of nitrogens with two attached hydrogens (primary N) is 2. The van der Waals surface area contributed by atoms with Gasteiger partial charge in [0.15, 0.2) is 0 Å². The van der Waals surface area contributed by atoms with Crippen LogP contribution in [0.1, 0.15) is 16.7 Å². The van der Waals surface area contributed by atoms with Crippen LogP contribution in [0.15, 0.2) is 48.5 Å². The molecule has 0 aliphatic heterocycles. The minimum Gasteiger partial charge on any atom is -0.326 e. The van der Waals surface area contributed by atoms with E-state index in [1.807, 2.05) is 48.5 Å². The van der Waals surface area contributed by atoms with Gasteiger partial charge in [-0.2, -0.15) is 0 Å².